The standard InChI is InChI=1S/C15H28N2O/c1-12(2)13-5-4-9-17(10-6-13)14(18)15(3)7-8-16-11-15/h12-13,16H,4-11H2,1-3H3. The highest BCUT2D eigenvalue weighted by Gasteiger charge is 2.39. The highest BCUT2D eigenvalue weighted by Crippen LogP contribution is 2.30. The van der Waals surface area contributed by atoms with Crippen LogP contribution in [0, 0.1) is 17.3 Å². The summed E-state index contributed by atoms with van der Waals surface area (Å²) in [5.74, 6) is 1.94. The Labute approximate surface area is 111 Å². The van der Waals surface area contributed by atoms with E-state index in [-0.39, 0.29) is 5.41 Å². The first-order chi connectivity index (χ1) is 8.53. The fourth-order valence-electron chi connectivity index (χ4n) is 3.37. The molecule has 2 heterocycles. The molecule has 0 bridgehead atoms. The van der Waals surface area contributed by atoms with Crippen LogP contribution in [0.1, 0.15) is 46.5 Å². The van der Waals surface area contributed by atoms with Gasteiger partial charge in [-0.05, 0) is 51.0 Å². The lowest BCUT2D eigenvalue weighted by Crippen LogP contribution is -2.44. The first-order valence-electron chi connectivity index (χ1n) is 7.53. The molecule has 3 nitrogen and oxygen atoms in total. The van der Waals surface area contributed by atoms with Gasteiger partial charge in [-0.3, -0.25) is 4.79 Å². The minimum absolute atomic E-state index is 0.141. The number of likely N-dealkylation sites (tertiary alicyclic amines) is 1. The molecule has 18 heavy (non-hydrogen) atoms. The number of nitrogens with one attached hydrogen (secondary N) is 1. The Bertz CT molecular complexity index is 295. The van der Waals surface area contributed by atoms with Crippen LogP contribution in [0.25, 0.3) is 0 Å². The fraction of sp³-hybridized carbons (Fsp3) is 0.933. The summed E-state index contributed by atoms with van der Waals surface area (Å²) in [4.78, 5) is 14.8. The lowest BCUT2D eigenvalue weighted by Gasteiger charge is -2.30. The van der Waals surface area contributed by atoms with Crippen LogP contribution in [0.15, 0.2) is 0 Å². The molecule has 2 aliphatic heterocycles. The second-order valence-electron chi connectivity index (χ2n) is 6.71. The van der Waals surface area contributed by atoms with Crippen molar-refractivity contribution in [3.63, 3.8) is 0 Å². The van der Waals surface area contributed by atoms with E-state index in [0.29, 0.717) is 5.91 Å². The van der Waals surface area contributed by atoms with Crippen LogP contribution in [0.4, 0.5) is 0 Å². The number of hydrogen-bond acceptors (Lipinski definition) is 2. The summed E-state index contributed by atoms with van der Waals surface area (Å²) in [6, 6.07) is 0. The maximum Gasteiger partial charge on any atom is 0.229 e. The third kappa shape index (κ3) is 2.87. The third-order valence-corrected chi connectivity index (χ3v) is 4.89. The van der Waals surface area contributed by atoms with Crippen LogP contribution in [0.2, 0.25) is 0 Å². The van der Waals surface area contributed by atoms with Crippen LogP contribution >= 0.6 is 0 Å². The molecule has 2 unspecified atom stereocenters. The van der Waals surface area contributed by atoms with Crippen LogP contribution in [0.5, 0.6) is 0 Å². The highest BCUT2D eigenvalue weighted by molar-refractivity contribution is 5.83. The Hall–Kier alpha value is -0.570. The third-order valence-electron chi connectivity index (χ3n) is 4.89. The predicted molar refractivity (Wildman–Crippen MR) is 74.4 cm³/mol. The molecule has 0 aromatic heterocycles. The van der Waals surface area contributed by atoms with Gasteiger partial charge in [-0.2, -0.15) is 0 Å². The molecule has 0 radical (unpaired) electrons. The number of hydrogen-bond donors (Lipinski definition) is 1. The average Bonchev–Trinajstić information content (AvgIpc) is 2.65. The molecule has 1 amide bonds. The van der Waals surface area contributed by atoms with Gasteiger partial charge in [-0.1, -0.05) is 13.8 Å². The molecule has 1 N–H and O–H groups in total. The Morgan fingerprint density at radius 2 is 2.11 bits per heavy atom. The van der Waals surface area contributed by atoms with Gasteiger partial charge in [-0.25, -0.2) is 0 Å². The molecule has 2 aliphatic rings. The first-order valence-corrected chi connectivity index (χ1v) is 7.53. The van der Waals surface area contributed by atoms with E-state index < -0.39 is 0 Å². The van der Waals surface area contributed by atoms with Gasteiger partial charge in [-0.15, -0.1) is 0 Å². The van der Waals surface area contributed by atoms with E-state index in [2.05, 4.69) is 31.0 Å². The Morgan fingerprint density at radius 3 is 2.72 bits per heavy atom. The van der Waals surface area contributed by atoms with Crippen molar-refractivity contribution in [2.45, 2.75) is 46.5 Å². The van der Waals surface area contributed by atoms with E-state index in [1.807, 2.05) is 0 Å². The molecule has 0 aliphatic carbocycles. The zero-order chi connectivity index (χ0) is 13.2. The summed E-state index contributed by atoms with van der Waals surface area (Å²) in [5, 5.41) is 3.33. The maximum absolute atomic E-state index is 12.6. The van der Waals surface area contributed by atoms with Crippen LogP contribution in [0.3, 0.4) is 0 Å². The van der Waals surface area contributed by atoms with E-state index in [4.69, 9.17) is 0 Å². The van der Waals surface area contributed by atoms with Crippen LogP contribution < -0.4 is 5.32 Å². The van der Waals surface area contributed by atoms with E-state index in [1.165, 1.54) is 19.3 Å². The van der Waals surface area contributed by atoms with Gasteiger partial charge in [0.05, 0.1) is 5.41 Å². The summed E-state index contributed by atoms with van der Waals surface area (Å²) >= 11 is 0. The largest absolute Gasteiger partial charge is 0.342 e. The Balaban J connectivity index is 1.95. The SMILES string of the molecule is CC(C)C1CCCN(C(=O)C2(C)CCNC2)CC1. The summed E-state index contributed by atoms with van der Waals surface area (Å²) in [7, 11) is 0. The van der Waals surface area contributed by atoms with Gasteiger partial charge < -0.3 is 10.2 Å². The number of amides is 1. The minimum Gasteiger partial charge on any atom is -0.342 e. The van der Waals surface area contributed by atoms with Crippen molar-refractivity contribution in [3.8, 4) is 0 Å². The molecule has 2 fully saturated rings. The van der Waals surface area contributed by atoms with Gasteiger partial charge in [0.1, 0.15) is 0 Å². The zero-order valence-corrected chi connectivity index (χ0v) is 12.2. The average molecular weight is 252 g/mol. The first kappa shape index (κ1) is 13.9. The van der Waals surface area contributed by atoms with Gasteiger partial charge in [0.25, 0.3) is 0 Å². The van der Waals surface area contributed by atoms with Gasteiger partial charge >= 0.3 is 0 Å². The second kappa shape index (κ2) is 5.60. The minimum atomic E-state index is -0.141. The lowest BCUT2D eigenvalue weighted by molar-refractivity contribution is -0.140. The number of nitrogens with zero attached hydrogens (tertiary/aromatic N) is 1. The number of carbonyl (C=O) groups excluding carboxylic acids is 1. The van der Waals surface area contributed by atoms with Crippen LogP contribution in [-0.2, 0) is 4.79 Å². The highest BCUT2D eigenvalue weighted by atomic mass is 16.2. The zero-order valence-electron chi connectivity index (χ0n) is 12.2. The molecule has 3 heteroatoms. The fourth-order valence-corrected chi connectivity index (χ4v) is 3.37. The van der Waals surface area contributed by atoms with E-state index in [9.17, 15) is 4.79 Å². The smallest absolute Gasteiger partial charge is 0.229 e. The molecule has 0 aromatic carbocycles. The normalized spacial score (nSPS) is 33.8. The quantitative estimate of drug-likeness (QED) is 0.817. The lowest BCUT2D eigenvalue weighted by atomic mass is 9.87. The Morgan fingerprint density at radius 1 is 1.33 bits per heavy atom. The number of carbonyl (C=O) groups is 1. The second-order valence-corrected chi connectivity index (χ2v) is 6.71. The van der Waals surface area contributed by atoms with Gasteiger partial charge in [0.15, 0.2) is 0 Å². The molecule has 0 aromatic rings. The predicted octanol–water partition coefficient (Wildman–Crippen LogP) is 2.27. The number of rotatable bonds is 2. The topological polar surface area (TPSA) is 32.3 Å². The summed E-state index contributed by atoms with van der Waals surface area (Å²) in [6.45, 7) is 10.5. The molecular weight excluding hydrogens is 224 g/mol. The Kier molecular flexibility index (Phi) is 4.31. The molecule has 2 atom stereocenters. The molecule has 0 saturated carbocycles. The monoisotopic (exact) mass is 252 g/mol. The van der Waals surface area contributed by atoms with Crippen molar-refractivity contribution in [3.05, 3.63) is 0 Å². The van der Waals surface area contributed by atoms with Crippen molar-refractivity contribution in [2.24, 2.45) is 17.3 Å². The van der Waals surface area contributed by atoms with Crippen molar-refractivity contribution in [2.75, 3.05) is 26.2 Å². The molecule has 2 rings (SSSR count). The van der Waals surface area contributed by atoms with E-state index in [0.717, 1.165) is 44.4 Å². The maximum atomic E-state index is 12.6. The van der Waals surface area contributed by atoms with Crippen molar-refractivity contribution < 1.29 is 4.79 Å². The van der Waals surface area contributed by atoms with E-state index in [1.54, 1.807) is 0 Å². The molecule has 104 valence electrons. The molecular formula is C15H28N2O. The summed E-state index contributed by atoms with van der Waals surface area (Å²) < 4.78 is 0. The van der Waals surface area contributed by atoms with Crippen molar-refractivity contribution in [1.29, 1.82) is 0 Å². The van der Waals surface area contributed by atoms with Crippen LogP contribution in [-0.4, -0.2) is 37.0 Å². The summed E-state index contributed by atoms with van der Waals surface area (Å²) in [5.41, 5.74) is -0.141. The molecule has 0 spiro atoms. The van der Waals surface area contributed by atoms with E-state index >= 15 is 0 Å². The van der Waals surface area contributed by atoms with Gasteiger partial charge in [0, 0.05) is 19.6 Å². The van der Waals surface area contributed by atoms with Crippen molar-refractivity contribution >= 4 is 5.91 Å². The van der Waals surface area contributed by atoms with Crippen molar-refractivity contribution in [1.82, 2.24) is 10.2 Å². The van der Waals surface area contributed by atoms with Gasteiger partial charge in [0.2, 0.25) is 5.91 Å². The summed E-state index contributed by atoms with van der Waals surface area (Å²) in [6.07, 6.45) is 4.65. The molecule has 2 saturated heterocycles.